The zero-order valence-corrected chi connectivity index (χ0v) is 15.7. The Hall–Kier alpha value is -2.74. The molecule has 2 aromatic carbocycles. The molecule has 0 bridgehead atoms. The van der Waals surface area contributed by atoms with E-state index in [2.05, 4.69) is 15.6 Å². The van der Waals surface area contributed by atoms with Crippen molar-refractivity contribution in [3.63, 3.8) is 0 Å². The second-order valence-corrected chi connectivity index (χ2v) is 7.50. The molecule has 0 spiro atoms. The van der Waals surface area contributed by atoms with Gasteiger partial charge < -0.3 is 10.4 Å². The highest BCUT2D eigenvalue weighted by molar-refractivity contribution is 7.99. The van der Waals surface area contributed by atoms with Crippen LogP contribution in [0.2, 0.25) is 0 Å². The van der Waals surface area contributed by atoms with Crippen molar-refractivity contribution in [2.24, 2.45) is 0 Å². The predicted molar refractivity (Wildman–Crippen MR) is 106 cm³/mol. The molecule has 2 heterocycles. The topological polar surface area (TPSA) is 74.2 Å². The number of aliphatic hydroxyl groups excluding tert-OH is 1. The molecule has 3 aromatic rings. The lowest BCUT2D eigenvalue weighted by Gasteiger charge is -2.15. The first-order valence-corrected chi connectivity index (χ1v) is 9.65. The molecule has 7 heteroatoms. The first kappa shape index (κ1) is 18.6. The summed E-state index contributed by atoms with van der Waals surface area (Å²) >= 11 is 1.32. The number of anilines is 1. The summed E-state index contributed by atoms with van der Waals surface area (Å²) in [6, 6.07) is 13.3. The average molecular weight is 395 g/mol. The fourth-order valence-corrected chi connectivity index (χ4v) is 4.03. The molecule has 1 aliphatic rings. The average Bonchev–Trinajstić information content (AvgIpc) is 2.83. The maximum atomic E-state index is 13.6. The number of fused-ring (bicyclic) bond motifs is 2. The molecule has 1 atom stereocenters. The minimum absolute atomic E-state index is 0.294. The van der Waals surface area contributed by atoms with Crippen molar-refractivity contribution in [1.82, 2.24) is 10.3 Å². The zero-order chi connectivity index (χ0) is 19.5. The highest BCUT2D eigenvalue weighted by Gasteiger charge is 2.21. The van der Waals surface area contributed by atoms with Gasteiger partial charge in [-0.1, -0.05) is 23.9 Å². The van der Waals surface area contributed by atoms with Crippen molar-refractivity contribution < 1.29 is 14.3 Å². The quantitative estimate of drug-likeness (QED) is 0.574. The molecule has 1 unspecified atom stereocenters. The lowest BCUT2D eigenvalue weighted by molar-refractivity contribution is 0.102. The monoisotopic (exact) mass is 395 g/mol. The second-order valence-electron chi connectivity index (χ2n) is 6.42. The van der Waals surface area contributed by atoms with Crippen LogP contribution in [0.15, 0.2) is 70.7 Å². The molecule has 0 radical (unpaired) electrons. The van der Waals surface area contributed by atoms with E-state index < -0.39 is 6.23 Å². The van der Waals surface area contributed by atoms with Gasteiger partial charge in [0.15, 0.2) is 0 Å². The van der Waals surface area contributed by atoms with Crippen LogP contribution in [-0.4, -0.2) is 22.5 Å². The van der Waals surface area contributed by atoms with Gasteiger partial charge in [0.2, 0.25) is 0 Å². The Balaban J connectivity index is 1.48. The normalized spacial score (nSPS) is 13.9. The largest absolute Gasteiger partial charge is 0.374 e. The molecule has 0 saturated carbocycles. The molecule has 28 heavy (non-hydrogen) atoms. The highest BCUT2D eigenvalue weighted by Crippen LogP contribution is 2.39. The summed E-state index contributed by atoms with van der Waals surface area (Å²) < 4.78 is 13.6. The van der Waals surface area contributed by atoms with Crippen LogP contribution in [0.1, 0.15) is 27.7 Å². The van der Waals surface area contributed by atoms with E-state index in [1.807, 2.05) is 18.2 Å². The fraction of sp³-hybridized carbons (Fsp3) is 0.143. The molecule has 1 amide bonds. The van der Waals surface area contributed by atoms with Crippen LogP contribution >= 0.6 is 11.8 Å². The summed E-state index contributed by atoms with van der Waals surface area (Å²) in [7, 11) is 0. The number of nitrogens with zero attached hydrogens (tertiary/aromatic N) is 1. The number of amides is 1. The fourth-order valence-electron chi connectivity index (χ4n) is 3.00. The van der Waals surface area contributed by atoms with Crippen molar-refractivity contribution in [3.8, 4) is 0 Å². The summed E-state index contributed by atoms with van der Waals surface area (Å²) in [5, 5.41) is 16.4. The van der Waals surface area contributed by atoms with E-state index >= 15 is 0 Å². The van der Waals surface area contributed by atoms with E-state index in [0.717, 1.165) is 16.9 Å². The van der Waals surface area contributed by atoms with Gasteiger partial charge in [-0.05, 0) is 53.9 Å². The van der Waals surface area contributed by atoms with E-state index in [1.165, 1.54) is 30.0 Å². The van der Waals surface area contributed by atoms with Gasteiger partial charge in [0.05, 0.1) is 11.3 Å². The van der Waals surface area contributed by atoms with Crippen molar-refractivity contribution in [3.05, 3.63) is 83.4 Å². The maximum Gasteiger partial charge on any atom is 0.256 e. The van der Waals surface area contributed by atoms with Crippen molar-refractivity contribution in [2.45, 2.75) is 22.4 Å². The van der Waals surface area contributed by atoms with Gasteiger partial charge >= 0.3 is 0 Å². The molecule has 142 valence electrons. The Bertz CT molecular complexity index is 1010. The molecule has 3 N–H and O–H groups in total. The summed E-state index contributed by atoms with van der Waals surface area (Å²) in [5.74, 6) is -0.676. The minimum atomic E-state index is -0.869. The first-order chi connectivity index (χ1) is 13.6. The summed E-state index contributed by atoms with van der Waals surface area (Å²) in [4.78, 5) is 17.9. The highest BCUT2D eigenvalue weighted by atomic mass is 32.2. The lowest BCUT2D eigenvalue weighted by Crippen LogP contribution is -2.23. The molecule has 5 nitrogen and oxygen atoms in total. The Morgan fingerprint density at radius 2 is 2.07 bits per heavy atom. The van der Waals surface area contributed by atoms with Gasteiger partial charge in [-0.15, -0.1) is 0 Å². The molecule has 1 aliphatic heterocycles. The van der Waals surface area contributed by atoms with E-state index in [4.69, 9.17) is 0 Å². The predicted octanol–water partition coefficient (Wildman–Crippen LogP) is 3.76. The van der Waals surface area contributed by atoms with Crippen LogP contribution in [0.5, 0.6) is 0 Å². The smallest absolute Gasteiger partial charge is 0.256 e. The molecule has 4 rings (SSSR count). The number of aliphatic hydroxyl groups is 1. The van der Waals surface area contributed by atoms with Crippen LogP contribution in [-0.2, 0) is 6.42 Å². The third-order valence-electron chi connectivity index (χ3n) is 4.45. The Kier molecular flexibility index (Phi) is 5.38. The number of halogens is 1. The standard InChI is InChI=1S/C21H18FN3O2S/c22-15-4-5-16-19(11-15)28-18-6-3-14(10-17(18)25-21(16)27)20(26)24-9-7-13-2-1-8-23-12-13/h1-6,8,10-12,20,24,26H,7,9H2,(H,25,27). The number of hydrogen-bond acceptors (Lipinski definition) is 5. The van der Waals surface area contributed by atoms with Crippen LogP contribution < -0.4 is 10.6 Å². The van der Waals surface area contributed by atoms with Crippen molar-refractivity contribution in [2.75, 3.05) is 11.9 Å². The summed E-state index contributed by atoms with van der Waals surface area (Å²) in [6.45, 7) is 0.579. The molecule has 0 aliphatic carbocycles. The second kappa shape index (κ2) is 8.10. The third kappa shape index (κ3) is 4.06. The number of nitrogens with one attached hydrogen (secondary N) is 2. The zero-order valence-electron chi connectivity index (χ0n) is 14.9. The van der Waals surface area contributed by atoms with E-state index in [1.54, 1.807) is 24.5 Å². The molecular weight excluding hydrogens is 377 g/mol. The lowest BCUT2D eigenvalue weighted by atomic mass is 10.1. The summed E-state index contributed by atoms with van der Waals surface area (Å²) in [6.07, 6.45) is 3.39. The molecular formula is C21H18FN3O2S. The maximum absolute atomic E-state index is 13.6. The van der Waals surface area contributed by atoms with Gasteiger partial charge in [0.1, 0.15) is 12.0 Å². The van der Waals surface area contributed by atoms with Crippen LogP contribution in [0.3, 0.4) is 0 Å². The van der Waals surface area contributed by atoms with E-state index in [0.29, 0.717) is 28.3 Å². The van der Waals surface area contributed by atoms with E-state index in [9.17, 15) is 14.3 Å². The number of carbonyl (C=O) groups is 1. The number of benzene rings is 2. The van der Waals surface area contributed by atoms with Crippen LogP contribution in [0.25, 0.3) is 0 Å². The molecule has 0 fully saturated rings. The Morgan fingerprint density at radius 1 is 1.18 bits per heavy atom. The Morgan fingerprint density at radius 3 is 2.89 bits per heavy atom. The SMILES string of the molecule is O=C1Nc2cc(C(O)NCCc3cccnc3)ccc2Sc2cc(F)ccc21. The number of pyridine rings is 1. The molecule has 0 saturated heterocycles. The van der Waals surface area contributed by atoms with Gasteiger partial charge in [-0.2, -0.15) is 0 Å². The van der Waals surface area contributed by atoms with E-state index in [-0.39, 0.29) is 11.7 Å². The minimum Gasteiger partial charge on any atom is -0.374 e. The Labute approximate surface area is 166 Å². The van der Waals surface area contributed by atoms with Gasteiger partial charge in [-0.25, -0.2) is 4.39 Å². The number of rotatable bonds is 5. The number of hydrogen-bond donors (Lipinski definition) is 3. The molecule has 1 aromatic heterocycles. The van der Waals surface area contributed by atoms with Gasteiger partial charge in [0, 0.05) is 28.7 Å². The number of carbonyl (C=O) groups excluding carboxylic acids is 1. The summed E-state index contributed by atoms with van der Waals surface area (Å²) in [5.41, 5.74) is 2.75. The van der Waals surface area contributed by atoms with Crippen molar-refractivity contribution >= 4 is 23.4 Å². The van der Waals surface area contributed by atoms with Crippen LogP contribution in [0, 0.1) is 5.82 Å². The third-order valence-corrected chi connectivity index (χ3v) is 5.58. The van der Waals surface area contributed by atoms with Gasteiger partial charge in [-0.3, -0.25) is 15.1 Å². The first-order valence-electron chi connectivity index (χ1n) is 8.83. The number of aromatic nitrogens is 1. The van der Waals surface area contributed by atoms with Crippen molar-refractivity contribution in [1.29, 1.82) is 0 Å². The van der Waals surface area contributed by atoms with Crippen LogP contribution in [0.4, 0.5) is 10.1 Å². The van der Waals surface area contributed by atoms with Gasteiger partial charge in [0.25, 0.3) is 5.91 Å².